The second-order valence-corrected chi connectivity index (χ2v) is 9.53. The van der Waals surface area contributed by atoms with Crippen LogP contribution in [-0.4, -0.2) is 74.5 Å². The summed E-state index contributed by atoms with van der Waals surface area (Å²) >= 11 is 0. The maximum Gasteiger partial charge on any atom is 0.257 e. The molecule has 194 valence electrons. The number of benzene rings is 1. The van der Waals surface area contributed by atoms with Crippen molar-refractivity contribution in [2.45, 2.75) is 37.5 Å². The highest BCUT2D eigenvalue weighted by Crippen LogP contribution is 2.54. The third-order valence-electron chi connectivity index (χ3n) is 6.54. The molecule has 1 saturated carbocycles. The van der Waals surface area contributed by atoms with Gasteiger partial charge >= 0.3 is 0 Å². The molecule has 4 heterocycles. The van der Waals surface area contributed by atoms with Gasteiger partial charge in [0.15, 0.2) is 5.60 Å². The first-order valence-corrected chi connectivity index (χ1v) is 11.9. The number of nitrogens with two attached hydrogens (primary N) is 1. The second-order valence-electron chi connectivity index (χ2n) is 9.53. The van der Waals surface area contributed by atoms with Crippen molar-refractivity contribution in [1.29, 1.82) is 0 Å². The number of carbonyl (C=O) groups excluding carboxylic acids is 2. The number of fused-ring (bicyclic) bond motifs is 1. The maximum atomic E-state index is 13.0. The summed E-state index contributed by atoms with van der Waals surface area (Å²) in [5.74, 6) is 0.830. The first-order chi connectivity index (χ1) is 17.7. The average Bonchev–Trinajstić information content (AvgIpc) is 3.54. The van der Waals surface area contributed by atoms with Gasteiger partial charge in [0.2, 0.25) is 17.7 Å². The van der Waals surface area contributed by atoms with E-state index >= 15 is 0 Å². The summed E-state index contributed by atoms with van der Waals surface area (Å²) in [4.78, 5) is 35.0. The van der Waals surface area contributed by atoms with E-state index in [-0.39, 0.29) is 30.9 Å². The second kappa shape index (κ2) is 9.69. The standard InChI is InChI=1S/C25H29N7O5/c1-17-3-5-19(6-4-17)35-10-9-31(2)21(33)13-32-12-18(11-28-32)29-22(34)25-14-24(15-25,16-36-25)37-20-7-8-27-23(26)30-20/h3-8,11-12H,9-10,13-16H2,1-2H3,(H,29,34)(H2,26,27,30). The zero-order chi connectivity index (χ0) is 26.0. The number of hydrogen-bond acceptors (Lipinski definition) is 9. The number of nitrogen functional groups attached to an aromatic ring is 1. The molecular formula is C25H29N7O5. The van der Waals surface area contributed by atoms with Crippen LogP contribution < -0.4 is 20.5 Å². The minimum atomic E-state index is -0.964. The van der Waals surface area contributed by atoms with Crippen molar-refractivity contribution in [2.75, 3.05) is 37.9 Å². The molecule has 2 saturated heterocycles. The normalized spacial score (nSPS) is 21.7. The molecule has 2 aromatic heterocycles. The number of hydrogen-bond donors (Lipinski definition) is 2. The van der Waals surface area contributed by atoms with Crippen LogP contribution in [-0.2, 0) is 20.9 Å². The van der Waals surface area contributed by atoms with Gasteiger partial charge in [0.05, 0.1) is 25.0 Å². The maximum absolute atomic E-state index is 13.0. The smallest absolute Gasteiger partial charge is 0.257 e. The Morgan fingerprint density at radius 1 is 1.24 bits per heavy atom. The molecule has 3 aromatic rings. The Kier molecular flexibility index (Phi) is 6.42. The van der Waals surface area contributed by atoms with E-state index in [2.05, 4.69) is 20.4 Å². The molecule has 37 heavy (non-hydrogen) atoms. The van der Waals surface area contributed by atoms with E-state index in [1.807, 2.05) is 31.2 Å². The summed E-state index contributed by atoms with van der Waals surface area (Å²) in [5, 5.41) is 7.04. The number of ether oxygens (including phenoxy) is 3. The largest absolute Gasteiger partial charge is 0.492 e. The van der Waals surface area contributed by atoms with E-state index in [0.717, 1.165) is 11.3 Å². The molecule has 0 spiro atoms. The van der Waals surface area contributed by atoms with Crippen molar-refractivity contribution in [2.24, 2.45) is 0 Å². The number of carbonyl (C=O) groups is 2. The van der Waals surface area contributed by atoms with E-state index in [9.17, 15) is 9.59 Å². The Labute approximate surface area is 213 Å². The number of rotatable bonds is 10. The zero-order valence-corrected chi connectivity index (χ0v) is 20.7. The average molecular weight is 508 g/mol. The molecule has 0 atom stereocenters. The lowest BCUT2D eigenvalue weighted by Gasteiger charge is -2.42. The minimum absolute atomic E-state index is 0.0392. The zero-order valence-electron chi connectivity index (χ0n) is 20.7. The van der Waals surface area contributed by atoms with Crippen LogP contribution >= 0.6 is 0 Å². The van der Waals surface area contributed by atoms with Gasteiger partial charge in [0.25, 0.3) is 5.91 Å². The summed E-state index contributed by atoms with van der Waals surface area (Å²) in [7, 11) is 1.71. The monoisotopic (exact) mass is 507 g/mol. The Morgan fingerprint density at radius 3 is 2.78 bits per heavy atom. The summed E-state index contributed by atoms with van der Waals surface area (Å²) < 4.78 is 19.0. The van der Waals surface area contributed by atoms with E-state index in [0.29, 0.717) is 37.6 Å². The SMILES string of the molecule is Cc1ccc(OCCN(C)C(=O)Cn2cc(NC(=O)C34CC(Oc5ccnc(N)n5)(CO3)C4)cn2)cc1. The molecule has 3 fully saturated rings. The van der Waals surface area contributed by atoms with Crippen LogP contribution in [0.4, 0.5) is 11.6 Å². The van der Waals surface area contributed by atoms with E-state index in [1.54, 1.807) is 24.2 Å². The van der Waals surface area contributed by atoms with Crippen LogP contribution in [0.5, 0.6) is 11.6 Å². The molecule has 1 aromatic carbocycles. The highest BCUT2D eigenvalue weighted by Gasteiger charge is 2.68. The number of amides is 2. The number of nitrogens with one attached hydrogen (secondary N) is 1. The molecule has 0 radical (unpaired) electrons. The van der Waals surface area contributed by atoms with Crippen LogP contribution in [0.15, 0.2) is 48.9 Å². The number of anilines is 2. The van der Waals surface area contributed by atoms with Gasteiger partial charge in [0.1, 0.15) is 24.5 Å². The fourth-order valence-corrected chi connectivity index (χ4v) is 4.50. The Balaban J connectivity index is 1.08. The molecule has 3 N–H and O–H groups in total. The molecule has 6 rings (SSSR count). The van der Waals surface area contributed by atoms with Gasteiger partial charge in [-0.05, 0) is 19.1 Å². The molecule has 2 bridgehead atoms. The fourth-order valence-electron chi connectivity index (χ4n) is 4.50. The van der Waals surface area contributed by atoms with Crippen molar-refractivity contribution >= 4 is 23.5 Å². The third kappa shape index (κ3) is 5.33. The molecule has 12 heteroatoms. The van der Waals surface area contributed by atoms with Gasteiger partial charge in [-0.3, -0.25) is 14.3 Å². The van der Waals surface area contributed by atoms with Crippen molar-refractivity contribution in [3.8, 4) is 11.6 Å². The molecule has 2 amide bonds. The predicted octanol–water partition coefficient (Wildman–Crippen LogP) is 1.42. The van der Waals surface area contributed by atoms with Gasteiger partial charge < -0.3 is 30.2 Å². The molecule has 12 nitrogen and oxygen atoms in total. The summed E-state index contributed by atoms with van der Waals surface area (Å²) in [5.41, 5.74) is 5.68. The summed E-state index contributed by atoms with van der Waals surface area (Å²) in [6.07, 6.45) is 5.44. The van der Waals surface area contributed by atoms with Gasteiger partial charge in [-0.15, -0.1) is 0 Å². The van der Waals surface area contributed by atoms with Crippen LogP contribution in [0.3, 0.4) is 0 Å². The third-order valence-corrected chi connectivity index (χ3v) is 6.54. The minimum Gasteiger partial charge on any atom is -0.492 e. The van der Waals surface area contributed by atoms with Crippen LogP contribution in [0.1, 0.15) is 18.4 Å². The first-order valence-electron chi connectivity index (χ1n) is 11.9. The lowest BCUT2D eigenvalue weighted by atomic mass is 9.70. The topological polar surface area (TPSA) is 147 Å². The van der Waals surface area contributed by atoms with Crippen molar-refractivity contribution in [1.82, 2.24) is 24.6 Å². The predicted molar refractivity (Wildman–Crippen MR) is 133 cm³/mol. The number of likely N-dealkylation sites (N-methyl/N-ethyl adjacent to an activating group) is 1. The molecular weight excluding hydrogens is 478 g/mol. The van der Waals surface area contributed by atoms with Gasteiger partial charge in [-0.1, -0.05) is 17.7 Å². The summed E-state index contributed by atoms with van der Waals surface area (Å²) in [6, 6.07) is 9.37. The summed E-state index contributed by atoms with van der Waals surface area (Å²) in [6.45, 7) is 3.14. The first kappa shape index (κ1) is 24.5. The number of aryl methyl sites for hydroxylation is 1. The van der Waals surface area contributed by atoms with Crippen LogP contribution in [0, 0.1) is 6.92 Å². The number of aromatic nitrogens is 4. The highest BCUT2D eigenvalue weighted by molar-refractivity contribution is 5.98. The lowest BCUT2D eigenvalue weighted by molar-refractivity contribution is -0.142. The number of nitrogens with zero attached hydrogens (tertiary/aromatic N) is 5. The fraction of sp³-hybridized carbons (Fsp3) is 0.400. The molecule has 0 unspecified atom stereocenters. The quantitative estimate of drug-likeness (QED) is 0.416. The van der Waals surface area contributed by atoms with Gasteiger partial charge in [-0.2, -0.15) is 10.1 Å². The van der Waals surface area contributed by atoms with Crippen molar-refractivity contribution < 1.29 is 23.8 Å². The van der Waals surface area contributed by atoms with E-state index in [1.165, 1.54) is 17.1 Å². The molecule has 3 aliphatic rings. The Hall–Kier alpha value is -4.19. The van der Waals surface area contributed by atoms with Crippen molar-refractivity contribution in [3.63, 3.8) is 0 Å². The van der Waals surface area contributed by atoms with Crippen LogP contribution in [0.2, 0.25) is 0 Å². The Bertz CT molecular complexity index is 1290. The van der Waals surface area contributed by atoms with E-state index < -0.39 is 11.2 Å². The van der Waals surface area contributed by atoms with Gasteiger partial charge in [-0.25, -0.2) is 4.98 Å². The van der Waals surface area contributed by atoms with E-state index in [4.69, 9.17) is 19.9 Å². The molecule has 2 aliphatic heterocycles. The lowest BCUT2D eigenvalue weighted by Crippen LogP contribution is -2.58. The highest BCUT2D eigenvalue weighted by atomic mass is 16.6. The van der Waals surface area contributed by atoms with Crippen molar-refractivity contribution in [3.05, 3.63) is 54.5 Å². The molecule has 1 aliphatic carbocycles. The van der Waals surface area contributed by atoms with Gasteiger partial charge in [0, 0.05) is 38.3 Å². The van der Waals surface area contributed by atoms with Crippen LogP contribution in [0.25, 0.3) is 0 Å². The Morgan fingerprint density at radius 2 is 2.03 bits per heavy atom.